The lowest BCUT2D eigenvalue weighted by atomic mass is 9.82. The van der Waals surface area contributed by atoms with E-state index in [0.29, 0.717) is 0 Å². The van der Waals surface area contributed by atoms with E-state index in [4.69, 9.17) is 0 Å². The van der Waals surface area contributed by atoms with Crippen molar-refractivity contribution in [3.8, 4) is 0 Å². The molecule has 1 heteroatoms. The van der Waals surface area contributed by atoms with Crippen LogP contribution in [0, 0.1) is 5.92 Å². The number of hydrogen-bond donors (Lipinski definition) is 0. The van der Waals surface area contributed by atoms with Crippen molar-refractivity contribution in [2.24, 2.45) is 5.92 Å². The molecule has 1 aromatic rings. The molecule has 17 heavy (non-hydrogen) atoms. The first-order chi connectivity index (χ1) is 8.35. The van der Waals surface area contributed by atoms with Crippen LogP contribution in [0.4, 0.5) is 0 Å². The average molecular weight is 231 g/mol. The number of likely N-dealkylation sites (tertiary alicyclic amines) is 1. The normalized spacial score (nSPS) is 22.8. The third kappa shape index (κ3) is 3.10. The van der Waals surface area contributed by atoms with Gasteiger partial charge in [0.05, 0.1) is 0 Å². The number of nitrogens with zero attached hydrogens (tertiary/aromatic N) is 1. The van der Waals surface area contributed by atoms with Crippen LogP contribution < -0.4 is 0 Å². The van der Waals surface area contributed by atoms with Crippen LogP contribution >= 0.6 is 0 Å². The molecule has 94 valence electrons. The van der Waals surface area contributed by atoms with E-state index in [-0.39, 0.29) is 0 Å². The predicted molar refractivity (Wildman–Crippen MR) is 74.3 cm³/mol. The summed E-state index contributed by atoms with van der Waals surface area (Å²) in [6.45, 7) is 8.40. The van der Waals surface area contributed by atoms with Crippen LogP contribution in [-0.4, -0.2) is 24.5 Å². The molecular weight excluding hydrogens is 206 g/mol. The SMILES string of the molecule is CCCC(c1ccccc1)C1CCN(CC)C1. The Morgan fingerprint density at radius 1 is 1.24 bits per heavy atom. The van der Waals surface area contributed by atoms with E-state index in [0.717, 1.165) is 11.8 Å². The van der Waals surface area contributed by atoms with Crippen molar-refractivity contribution < 1.29 is 0 Å². The van der Waals surface area contributed by atoms with Gasteiger partial charge >= 0.3 is 0 Å². The molecular formula is C16H25N. The third-order valence-corrected chi connectivity index (χ3v) is 4.15. The highest BCUT2D eigenvalue weighted by atomic mass is 15.1. The predicted octanol–water partition coefficient (Wildman–Crippen LogP) is 3.91. The fourth-order valence-corrected chi connectivity index (χ4v) is 3.16. The van der Waals surface area contributed by atoms with Crippen molar-refractivity contribution in [2.75, 3.05) is 19.6 Å². The van der Waals surface area contributed by atoms with Gasteiger partial charge in [0.25, 0.3) is 0 Å². The Kier molecular flexibility index (Phi) is 4.61. The topological polar surface area (TPSA) is 3.24 Å². The van der Waals surface area contributed by atoms with E-state index in [2.05, 4.69) is 49.1 Å². The van der Waals surface area contributed by atoms with Gasteiger partial charge in [-0.15, -0.1) is 0 Å². The van der Waals surface area contributed by atoms with Crippen molar-refractivity contribution in [3.05, 3.63) is 35.9 Å². The van der Waals surface area contributed by atoms with Crippen LogP contribution in [0.15, 0.2) is 30.3 Å². The molecule has 2 atom stereocenters. The minimum absolute atomic E-state index is 0.776. The first-order valence-corrected chi connectivity index (χ1v) is 7.12. The van der Waals surface area contributed by atoms with Crippen LogP contribution in [0.5, 0.6) is 0 Å². The maximum atomic E-state index is 2.59. The molecule has 1 aliphatic rings. The first-order valence-electron chi connectivity index (χ1n) is 7.12. The summed E-state index contributed by atoms with van der Waals surface area (Å²) in [5, 5.41) is 0. The molecule has 0 aromatic heterocycles. The van der Waals surface area contributed by atoms with E-state index in [9.17, 15) is 0 Å². The molecule has 1 aromatic carbocycles. The summed E-state index contributed by atoms with van der Waals surface area (Å²) in [5.74, 6) is 1.65. The van der Waals surface area contributed by atoms with Crippen LogP contribution in [0.3, 0.4) is 0 Å². The van der Waals surface area contributed by atoms with E-state index in [1.165, 1.54) is 38.9 Å². The second-order valence-electron chi connectivity index (χ2n) is 5.25. The first kappa shape index (κ1) is 12.6. The van der Waals surface area contributed by atoms with E-state index >= 15 is 0 Å². The van der Waals surface area contributed by atoms with Crippen molar-refractivity contribution >= 4 is 0 Å². The van der Waals surface area contributed by atoms with Gasteiger partial charge in [-0.1, -0.05) is 50.6 Å². The van der Waals surface area contributed by atoms with Gasteiger partial charge in [0.2, 0.25) is 0 Å². The van der Waals surface area contributed by atoms with Crippen LogP contribution in [0.25, 0.3) is 0 Å². The molecule has 0 radical (unpaired) electrons. The molecule has 1 heterocycles. The lowest BCUT2D eigenvalue weighted by Gasteiger charge is -2.24. The summed E-state index contributed by atoms with van der Waals surface area (Å²) in [6.07, 6.45) is 4.02. The molecule has 2 unspecified atom stereocenters. The fraction of sp³-hybridized carbons (Fsp3) is 0.625. The van der Waals surface area contributed by atoms with Gasteiger partial charge in [0, 0.05) is 6.54 Å². The highest BCUT2D eigenvalue weighted by molar-refractivity contribution is 5.20. The second kappa shape index (κ2) is 6.20. The standard InChI is InChI=1S/C16H25N/c1-3-8-16(14-9-6-5-7-10-14)15-11-12-17(4-2)13-15/h5-7,9-10,15-16H,3-4,8,11-13H2,1-2H3. The van der Waals surface area contributed by atoms with Gasteiger partial charge < -0.3 is 4.90 Å². The van der Waals surface area contributed by atoms with Crippen molar-refractivity contribution in [1.29, 1.82) is 0 Å². The zero-order valence-electron chi connectivity index (χ0n) is 11.2. The van der Waals surface area contributed by atoms with Crippen LogP contribution in [0.2, 0.25) is 0 Å². The Bertz CT molecular complexity index is 320. The minimum atomic E-state index is 0.776. The average Bonchev–Trinajstić information content (AvgIpc) is 2.85. The Morgan fingerprint density at radius 2 is 2.00 bits per heavy atom. The van der Waals surface area contributed by atoms with Gasteiger partial charge in [0.15, 0.2) is 0 Å². The molecule has 1 fully saturated rings. The molecule has 1 nitrogen and oxygen atoms in total. The largest absolute Gasteiger partial charge is 0.303 e. The third-order valence-electron chi connectivity index (χ3n) is 4.15. The maximum Gasteiger partial charge on any atom is 0.00159 e. The van der Waals surface area contributed by atoms with Gasteiger partial charge in [-0.3, -0.25) is 0 Å². The summed E-state index contributed by atoms with van der Waals surface area (Å²) in [7, 11) is 0. The molecule has 0 N–H and O–H groups in total. The van der Waals surface area contributed by atoms with Gasteiger partial charge in [-0.25, -0.2) is 0 Å². The molecule has 0 spiro atoms. The smallest absolute Gasteiger partial charge is 0.00159 e. The zero-order chi connectivity index (χ0) is 12.1. The van der Waals surface area contributed by atoms with Crippen LogP contribution in [-0.2, 0) is 0 Å². The lowest BCUT2D eigenvalue weighted by molar-refractivity contribution is 0.322. The molecule has 0 bridgehead atoms. The zero-order valence-corrected chi connectivity index (χ0v) is 11.2. The molecule has 0 amide bonds. The van der Waals surface area contributed by atoms with E-state index in [1.807, 2.05) is 0 Å². The summed E-state index contributed by atoms with van der Waals surface area (Å²) < 4.78 is 0. The Labute approximate surface area is 106 Å². The van der Waals surface area contributed by atoms with Gasteiger partial charge in [-0.05, 0) is 43.3 Å². The molecule has 1 saturated heterocycles. The Morgan fingerprint density at radius 3 is 2.59 bits per heavy atom. The summed E-state index contributed by atoms with van der Waals surface area (Å²) >= 11 is 0. The van der Waals surface area contributed by atoms with Gasteiger partial charge in [-0.2, -0.15) is 0 Å². The number of hydrogen-bond acceptors (Lipinski definition) is 1. The highest BCUT2D eigenvalue weighted by Gasteiger charge is 2.28. The van der Waals surface area contributed by atoms with E-state index < -0.39 is 0 Å². The Balaban J connectivity index is 2.08. The summed E-state index contributed by atoms with van der Waals surface area (Å²) in [5.41, 5.74) is 1.55. The lowest BCUT2D eigenvalue weighted by Crippen LogP contribution is -2.22. The van der Waals surface area contributed by atoms with Crippen molar-refractivity contribution in [2.45, 2.75) is 39.0 Å². The molecule has 1 aliphatic heterocycles. The summed E-state index contributed by atoms with van der Waals surface area (Å²) in [6, 6.07) is 11.1. The quantitative estimate of drug-likeness (QED) is 0.742. The second-order valence-corrected chi connectivity index (χ2v) is 5.25. The van der Waals surface area contributed by atoms with Gasteiger partial charge in [0.1, 0.15) is 0 Å². The summed E-state index contributed by atoms with van der Waals surface area (Å²) in [4.78, 5) is 2.59. The maximum absolute atomic E-state index is 2.59. The number of rotatable bonds is 5. The van der Waals surface area contributed by atoms with Crippen molar-refractivity contribution in [1.82, 2.24) is 4.90 Å². The molecule has 2 rings (SSSR count). The monoisotopic (exact) mass is 231 g/mol. The van der Waals surface area contributed by atoms with Crippen LogP contribution in [0.1, 0.15) is 44.6 Å². The van der Waals surface area contributed by atoms with Crippen molar-refractivity contribution in [3.63, 3.8) is 0 Å². The highest BCUT2D eigenvalue weighted by Crippen LogP contribution is 2.35. The molecule has 0 aliphatic carbocycles. The Hall–Kier alpha value is -0.820. The number of benzene rings is 1. The van der Waals surface area contributed by atoms with E-state index in [1.54, 1.807) is 5.56 Å². The fourth-order valence-electron chi connectivity index (χ4n) is 3.16. The molecule has 0 saturated carbocycles. The minimum Gasteiger partial charge on any atom is -0.303 e.